The summed E-state index contributed by atoms with van der Waals surface area (Å²) in [7, 11) is 0. The summed E-state index contributed by atoms with van der Waals surface area (Å²) in [6, 6.07) is 13.1. The normalized spacial score (nSPS) is 10.3. The zero-order valence-electron chi connectivity index (χ0n) is 13.8. The number of aryl methyl sites for hydroxylation is 1. The van der Waals surface area contributed by atoms with E-state index < -0.39 is 0 Å². The van der Waals surface area contributed by atoms with Crippen molar-refractivity contribution >= 4 is 40.6 Å². The first-order chi connectivity index (χ1) is 11.5. The zero-order chi connectivity index (χ0) is 17.5. The Balaban J connectivity index is 1.86. The molecule has 0 radical (unpaired) electrons. The van der Waals surface area contributed by atoms with Crippen molar-refractivity contribution in [2.24, 2.45) is 0 Å². The number of likely N-dealkylation sites (N-methyl/N-ethyl adjacent to an activating group) is 1. The molecule has 0 aliphatic rings. The Morgan fingerprint density at radius 2 is 1.92 bits per heavy atom. The first-order valence-electron chi connectivity index (χ1n) is 7.81. The van der Waals surface area contributed by atoms with Crippen LogP contribution in [0.2, 0.25) is 10.0 Å². The number of carbonyl (C=O) groups is 1. The quantitative estimate of drug-likeness (QED) is 0.760. The lowest BCUT2D eigenvalue weighted by Gasteiger charge is -2.23. The van der Waals surface area contributed by atoms with Crippen LogP contribution in [-0.2, 0) is 0 Å². The summed E-state index contributed by atoms with van der Waals surface area (Å²) < 4.78 is 0. The van der Waals surface area contributed by atoms with Crippen molar-refractivity contribution < 1.29 is 4.79 Å². The predicted octanol–water partition coefficient (Wildman–Crippen LogP) is 4.95. The summed E-state index contributed by atoms with van der Waals surface area (Å²) >= 11 is 12.0. The van der Waals surface area contributed by atoms with Crippen LogP contribution in [0.3, 0.4) is 0 Å². The molecule has 0 atom stereocenters. The number of carbonyl (C=O) groups excluding carboxylic acids is 1. The van der Waals surface area contributed by atoms with Gasteiger partial charge in [-0.15, -0.1) is 0 Å². The lowest BCUT2D eigenvalue weighted by molar-refractivity contribution is 0.252. The van der Waals surface area contributed by atoms with E-state index in [9.17, 15) is 4.79 Å². The van der Waals surface area contributed by atoms with Gasteiger partial charge in [-0.2, -0.15) is 0 Å². The molecular formula is C18H21Cl2N3O. The van der Waals surface area contributed by atoms with Crippen molar-refractivity contribution in [3.8, 4) is 0 Å². The molecule has 0 spiro atoms. The molecule has 2 aromatic rings. The van der Waals surface area contributed by atoms with Crippen LogP contribution in [0.4, 0.5) is 16.2 Å². The van der Waals surface area contributed by atoms with Gasteiger partial charge in [-0.3, -0.25) is 0 Å². The largest absolute Gasteiger partial charge is 0.370 e. The molecule has 0 aliphatic carbocycles. The molecule has 2 N–H and O–H groups in total. The third-order valence-electron chi connectivity index (χ3n) is 3.62. The molecular weight excluding hydrogens is 345 g/mol. The smallest absolute Gasteiger partial charge is 0.319 e. The van der Waals surface area contributed by atoms with Crippen LogP contribution in [0.25, 0.3) is 0 Å². The van der Waals surface area contributed by atoms with Crippen LogP contribution in [0.15, 0.2) is 42.5 Å². The lowest BCUT2D eigenvalue weighted by atomic mass is 10.2. The van der Waals surface area contributed by atoms with E-state index in [1.807, 2.05) is 6.07 Å². The van der Waals surface area contributed by atoms with Crippen molar-refractivity contribution in [1.29, 1.82) is 0 Å². The summed E-state index contributed by atoms with van der Waals surface area (Å²) in [6.45, 7) is 6.27. The van der Waals surface area contributed by atoms with Gasteiger partial charge < -0.3 is 15.5 Å². The molecule has 128 valence electrons. The van der Waals surface area contributed by atoms with E-state index in [0.29, 0.717) is 22.3 Å². The van der Waals surface area contributed by atoms with Gasteiger partial charge in [0.15, 0.2) is 0 Å². The fourth-order valence-corrected chi connectivity index (χ4v) is 2.71. The van der Waals surface area contributed by atoms with Gasteiger partial charge in [-0.25, -0.2) is 4.79 Å². The number of halogens is 2. The van der Waals surface area contributed by atoms with Gasteiger partial charge >= 0.3 is 6.03 Å². The molecule has 0 heterocycles. The Morgan fingerprint density at radius 3 is 2.62 bits per heavy atom. The van der Waals surface area contributed by atoms with E-state index in [1.165, 1.54) is 5.56 Å². The molecule has 0 unspecified atom stereocenters. The van der Waals surface area contributed by atoms with E-state index in [-0.39, 0.29) is 6.03 Å². The number of nitrogens with one attached hydrogen (secondary N) is 2. The van der Waals surface area contributed by atoms with Crippen molar-refractivity contribution in [2.75, 3.05) is 29.9 Å². The van der Waals surface area contributed by atoms with Crippen LogP contribution >= 0.6 is 23.2 Å². The highest BCUT2D eigenvalue weighted by molar-refractivity contribution is 6.43. The number of hydrogen-bond acceptors (Lipinski definition) is 2. The number of nitrogens with zero attached hydrogens (tertiary/aromatic N) is 1. The minimum absolute atomic E-state index is 0.306. The van der Waals surface area contributed by atoms with E-state index in [0.717, 1.165) is 18.8 Å². The first kappa shape index (κ1) is 18.4. The maximum atomic E-state index is 12.0. The van der Waals surface area contributed by atoms with Crippen molar-refractivity contribution in [3.63, 3.8) is 0 Å². The van der Waals surface area contributed by atoms with Gasteiger partial charge in [-0.05, 0) is 43.7 Å². The van der Waals surface area contributed by atoms with Crippen LogP contribution in [0, 0.1) is 6.92 Å². The molecule has 24 heavy (non-hydrogen) atoms. The third kappa shape index (κ3) is 5.05. The number of anilines is 2. The molecule has 4 nitrogen and oxygen atoms in total. The maximum absolute atomic E-state index is 12.0. The Kier molecular flexibility index (Phi) is 6.76. The van der Waals surface area contributed by atoms with E-state index >= 15 is 0 Å². The minimum atomic E-state index is -0.306. The van der Waals surface area contributed by atoms with Crippen LogP contribution in [0.1, 0.15) is 12.5 Å². The number of urea groups is 1. The fourth-order valence-electron chi connectivity index (χ4n) is 2.37. The summed E-state index contributed by atoms with van der Waals surface area (Å²) in [5.41, 5.74) is 2.86. The molecule has 0 bridgehead atoms. The molecule has 2 amide bonds. The monoisotopic (exact) mass is 365 g/mol. The van der Waals surface area contributed by atoms with Crippen molar-refractivity contribution in [3.05, 3.63) is 58.1 Å². The lowest BCUT2D eigenvalue weighted by Crippen LogP contribution is -2.37. The fraction of sp³-hybridized carbons (Fsp3) is 0.278. The average molecular weight is 366 g/mol. The van der Waals surface area contributed by atoms with Gasteiger partial charge in [0.1, 0.15) is 0 Å². The Labute approximate surface area is 152 Å². The number of rotatable bonds is 6. The van der Waals surface area contributed by atoms with Gasteiger partial charge in [0.05, 0.1) is 15.7 Å². The van der Waals surface area contributed by atoms with Gasteiger partial charge in [0.25, 0.3) is 0 Å². The van der Waals surface area contributed by atoms with E-state index in [2.05, 4.69) is 47.6 Å². The second kappa shape index (κ2) is 8.81. The molecule has 2 aromatic carbocycles. The van der Waals surface area contributed by atoms with Crippen LogP contribution in [0.5, 0.6) is 0 Å². The average Bonchev–Trinajstić information content (AvgIpc) is 2.56. The highest BCUT2D eigenvalue weighted by atomic mass is 35.5. The van der Waals surface area contributed by atoms with E-state index in [4.69, 9.17) is 23.2 Å². The molecule has 0 fully saturated rings. The maximum Gasteiger partial charge on any atom is 0.319 e. The third-order valence-corrected chi connectivity index (χ3v) is 4.43. The highest BCUT2D eigenvalue weighted by Crippen LogP contribution is 2.29. The van der Waals surface area contributed by atoms with Crippen molar-refractivity contribution in [2.45, 2.75) is 13.8 Å². The molecule has 6 heteroatoms. The van der Waals surface area contributed by atoms with E-state index in [1.54, 1.807) is 18.2 Å². The van der Waals surface area contributed by atoms with Gasteiger partial charge in [0.2, 0.25) is 0 Å². The summed E-state index contributed by atoms with van der Waals surface area (Å²) in [5, 5.41) is 6.29. The summed E-state index contributed by atoms with van der Waals surface area (Å²) in [6.07, 6.45) is 0. The second-order valence-electron chi connectivity index (χ2n) is 5.40. The second-order valence-corrected chi connectivity index (χ2v) is 6.19. The Morgan fingerprint density at radius 1 is 1.17 bits per heavy atom. The number of amides is 2. The van der Waals surface area contributed by atoms with Gasteiger partial charge in [-0.1, -0.05) is 41.4 Å². The van der Waals surface area contributed by atoms with Crippen LogP contribution in [-0.4, -0.2) is 25.7 Å². The number of benzene rings is 2. The first-order valence-corrected chi connectivity index (χ1v) is 8.57. The molecule has 0 aliphatic heterocycles. The highest BCUT2D eigenvalue weighted by Gasteiger charge is 2.09. The standard InChI is InChI=1S/C18H21Cl2N3O/c1-3-23(14-7-4-6-13(2)12-14)11-10-21-18(24)22-16-9-5-8-15(19)17(16)20/h4-9,12H,3,10-11H2,1-2H3,(H2,21,22,24). The van der Waals surface area contributed by atoms with Crippen LogP contribution < -0.4 is 15.5 Å². The molecule has 0 aromatic heterocycles. The Bertz CT molecular complexity index is 706. The predicted molar refractivity (Wildman–Crippen MR) is 103 cm³/mol. The zero-order valence-corrected chi connectivity index (χ0v) is 15.3. The molecule has 2 rings (SSSR count). The summed E-state index contributed by atoms with van der Waals surface area (Å²) in [4.78, 5) is 14.2. The topological polar surface area (TPSA) is 44.4 Å². The van der Waals surface area contributed by atoms with Crippen molar-refractivity contribution in [1.82, 2.24) is 5.32 Å². The molecule has 0 saturated carbocycles. The molecule has 0 saturated heterocycles. The summed E-state index contributed by atoms with van der Waals surface area (Å²) in [5.74, 6) is 0. The SMILES string of the molecule is CCN(CCNC(=O)Nc1cccc(Cl)c1Cl)c1cccc(C)c1. The number of hydrogen-bond donors (Lipinski definition) is 2. The van der Waals surface area contributed by atoms with Gasteiger partial charge in [0, 0.05) is 25.3 Å². The minimum Gasteiger partial charge on any atom is -0.370 e. The Hall–Kier alpha value is -1.91.